The van der Waals surface area contributed by atoms with Crippen LogP contribution >= 0.6 is 11.3 Å². The molecule has 5 heteroatoms. The first-order valence-electron chi connectivity index (χ1n) is 6.54. The zero-order valence-electron chi connectivity index (χ0n) is 11.0. The van der Waals surface area contributed by atoms with Gasteiger partial charge >= 0.3 is 0 Å². The standard InChI is InChI=1S/C13H21N3OS/c1-8(2)11-7-18-12(16-11)6-15-13(17)9-3-4-10(14)5-9/h7-10H,3-6,14H2,1-2H3,(H,15,17). The Morgan fingerprint density at radius 1 is 1.61 bits per heavy atom. The summed E-state index contributed by atoms with van der Waals surface area (Å²) in [7, 11) is 0. The van der Waals surface area contributed by atoms with Crippen LogP contribution < -0.4 is 11.1 Å². The van der Waals surface area contributed by atoms with Crippen LogP contribution in [-0.2, 0) is 11.3 Å². The lowest BCUT2D eigenvalue weighted by Gasteiger charge is -2.09. The molecule has 3 N–H and O–H groups in total. The lowest BCUT2D eigenvalue weighted by molar-refractivity contribution is -0.125. The van der Waals surface area contributed by atoms with Crippen molar-refractivity contribution in [2.24, 2.45) is 11.7 Å². The molecule has 1 aromatic heterocycles. The van der Waals surface area contributed by atoms with Crippen molar-refractivity contribution < 1.29 is 4.79 Å². The minimum Gasteiger partial charge on any atom is -0.349 e. The number of nitrogens with zero attached hydrogens (tertiary/aromatic N) is 1. The van der Waals surface area contributed by atoms with Gasteiger partial charge in [-0.2, -0.15) is 0 Å². The summed E-state index contributed by atoms with van der Waals surface area (Å²) < 4.78 is 0. The van der Waals surface area contributed by atoms with Crippen LogP contribution in [0.15, 0.2) is 5.38 Å². The van der Waals surface area contributed by atoms with Gasteiger partial charge in [-0.25, -0.2) is 4.98 Å². The van der Waals surface area contributed by atoms with Crippen LogP contribution in [-0.4, -0.2) is 16.9 Å². The van der Waals surface area contributed by atoms with Gasteiger partial charge in [-0.1, -0.05) is 13.8 Å². The van der Waals surface area contributed by atoms with E-state index in [4.69, 9.17) is 5.73 Å². The Hall–Kier alpha value is -0.940. The summed E-state index contributed by atoms with van der Waals surface area (Å²) in [4.78, 5) is 16.4. The molecule has 2 atom stereocenters. The van der Waals surface area contributed by atoms with E-state index in [0.717, 1.165) is 30.0 Å². The van der Waals surface area contributed by atoms with E-state index in [1.807, 2.05) is 0 Å². The fourth-order valence-corrected chi connectivity index (χ4v) is 3.13. The minimum atomic E-state index is 0.101. The lowest BCUT2D eigenvalue weighted by Crippen LogP contribution is -2.29. The number of aromatic nitrogens is 1. The molecule has 18 heavy (non-hydrogen) atoms. The SMILES string of the molecule is CC(C)c1csc(CNC(=O)C2CCC(N)C2)n1. The van der Waals surface area contributed by atoms with Crippen LogP contribution in [0.5, 0.6) is 0 Å². The molecular formula is C13H21N3OS. The van der Waals surface area contributed by atoms with Crippen LogP contribution in [0.3, 0.4) is 0 Å². The van der Waals surface area contributed by atoms with Crippen LogP contribution in [0.25, 0.3) is 0 Å². The number of carbonyl (C=O) groups is 1. The van der Waals surface area contributed by atoms with Gasteiger partial charge in [0.05, 0.1) is 12.2 Å². The van der Waals surface area contributed by atoms with Crippen molar-refractivity contribution >= 4 is 17.2 Å². The second-order valence-electron chi connectivity index (χ2n) is 5.31. The van der Waals surface area contributed by atoms with Gasteiger partial charge in [0.1, 0.15) is 5.01 Å². The van der Waals surface area contributed by atoms with Crippen LogP contribution in [0.4, 0.5) is 0 Å². The van der Waals surface area contributed by atoms with Crippen molar-refractivity contribution in [2.75, 3.05) is 0 Å². The molecule has 1 heterocycles. The highest BCUT2D eigenvalue weighted by Crippen LogP contribution is 2.24. The maximum Gasteiger partial charge on any atom is 0.223 e. The summed E-state index contributed by atoms with van der Waals surface area (Å²) in [6, 6.07) is 0.202. The number of rotatable bonds is 4. The fraction of sp³-hybridized carbons (Fsp3) is 0.692. The molecule has 0 aromatic carbocycles. The molecule has 1 aromatic rings. The summed E-state index contributed by atoms with van der Waals surface area (Å²) in [6.07, 6.45) is 2.70. The Bertz CT molecular complexity index is 416. The van der Waals surface area contributed by atoms with Crippen molar-refractivity contribution in [3.05, 3.63) is 16.1 Å². The van der Waals surface area contributed by atoms with Gasteiger partial charge in [0.15, 0.2) is 0 Å². The van der Waals surface area contributed by atoms with E-state index in [-0.39, 0.29) is 17.9 Å². The van der Waals surface area contributed by atoms with Crippen molar-refractivity contribution in [1.29, 1.82) is 0 Å². The fourth-order valence-electron chi connectivity index (χ4n) is 2.23. The molecule has 0 bridgehead atoms. The summed E-state index contributed by atoms with van der Waals surface area (Å²) >= 11 is 1.61. The minimum absolute atomic E-state index is 0.101. The average Bonchev–Trinajstić information content (AvgIpc) is 2.94. The third-order valence-electron chi connectivity index (χ3n) is 3.42. The van der Waals surface area contributed by atoms with E-state index in [0.29, 0.717) is 12.5 Å². The molecule has 0 aliphatic heterocycles. The number of hydrogen-bond donors (Lipinski definition) is 2. The molecule has 1 fully saturated rings. The monoisotopic (exact) mass is 267 g/mol. The van der Waals surface area contributed by atoms with Crippen LogP contribution in [0, 0.1) is 5.92 Å². The first kappa shape index (κ1) is 13.5. The predicted octanol–water partition coefficient (Wildman–Crippen LogP) is 2.01. The molecule has 4 nitrogen and oxygen atoms in total. The molecule has 0 spiro atoms. The quantitative estimate of drug-likeness (QED) is 0.877. The third-order valence-corrected chi connectivity index (χ3v) is 4.29. The van der Waals surface area contributed by atoms with Gasteiger partial charge in [0.25, 0.3) is 0 Å². The Kier molecular flexibility index (Phi) is 4.35. The number of amides is 1. The molecule has 0 saturated heterocycles. The highest BCUT2D eigenvalue weighted by molar-refractivity contribution is 7.09. The zero-order chi connectivity index (χ0) is 13.1. The van der Waals surface area contributed by atoms with Crippen molar-refractivity contribution in [2.45, 2.75) is 51.6 Å². The summed E-state index contributed by atoms with van der Waals surface area (Å²) in [6.45, 7) is 4.79. The smallest absolute Gasteiger partial charge is 0.223 e. The average molecular weight is 267 g/mol. The second-order valence-corrected chi connectivity index (χ2v) is 6.25. The molecule has 2 unspecified atom stereocenters. The lowest BCUT2D eigenvalue weighted by atomic mass is 10.1. The Morgan fingerprint density at radius 2 is 2.39 bits per heavy atom. The van der Waals surface area contributed by atoms with Gasteiger partial charge in [0.2, 0.25) is 5.91 Å². The topological polar surface area (TPSA) is 68.0 Å². The Morgan fingerprint density at radius 3 is 2.94 bits per heavy atom. The zero-order valence-corrected chi connectivity index (χ0v) is 11.8. The largest absolute Gasteiger partial charge is 0.349 e. The van der Waals surface area contributed by atoms with Crippen molar-refractivity contribution in [3.8, 4) is 0 Å². The van der Waals surface area contributed by atoms with Crippen molar-refractivity contribution in [3.63, 3.8) is 0 Å². The number of nitrogens with two attached hydrogens (primary N) is 1. The van der Waals surface area contributed by atoms with E-state index in [9.17, 15) is 4.79 Å². The van der Waals surface area contributed by atoms with E-state index in [2.05, 4.69) is 29.5 Å². The molecule has 2 rings (SSSR count). The van der Waals surface area contributed by atoms with Gasteiger partial charge < -0.3 is 11.1 Å². The second kappa shape index (κ2) is 5.80. The maximum atomic E-state index is 11.9. The molecule has 1 amide bonds. The number of hydrogen-bond acceptors (Lipinski definition) is 4. The molecule has 1 aliphatic rings. The van der Waals surface area contributed by atoms with Gasteiger partial charge in [0, 0.05) is 17.3 Å². The number of nitrogens with one attached hydrogen (secondary N) is 1. The van der Waals surface area contributed by atoms with Gasteiger partial charge in [-0.05, 0) is 25.2 Å². The highest BCUT2D eigenvalue weighted by atomic mass is 32.1. The first-order valence-corrected chi connectivity index (χ1v) is 7.41. The molecule has 0 radical (unpaired) electrons. The number of carbonyl (C=O) groups excluding carboxylic acids is 1. The van der Waals surface area contributed by atoms with E-state index in [1.54, 1.807) is 11.3 Å². The van der Waals surface area contributed by atoms with E-state index in [1.165, 1.54) is 0 Å². The van der Waals surface area contributed by atoms with Crippen LogP contribution in [0.2, 0.25) is 0 Å². The Balaban J connectivity index is 1.81. The normalized spacial score (nSPS) is 23.6. The summed E-state index contributed by atoms with van der Waals surface area (Å²) in [5, 5.41) is 6.02. The Labute approximate surface area is 112 Å². The van der Waals surface area contributed by atoms with E-state index >= 15 is 0 Å². The van der Waals surface area contributed by atoms with Crippen molar-refractivity contribution in [1.82, 2.24) is 10.3 Å². The maximum absolute atomic E-state index is 11.9. The third kappa shape index (κ3) is 3.29. The predicted molar refractivity (Wildman–Crippen MR) is 73.4 cm³/mol. The summed E-state index contributed by atoms with van der Waals surface area (Å²) in [5.41, 5.74) is 6.92. The first-order chi connectivity index (χ1) is 8.56. The molecule has 1 saturated carbocycles. The molecular weight excluding hydrogens is 246 g/mol. The van der Waals surface area contributed by atoms with Gasteiger partial charge in [-0.3, -0.25) is 4.79 Å². The molecule has 100 valence electrons. The number of thiazole rings is 1. The van der Waals surface area contributed by atoms with Crippen LogP contribution in [0.1, 0.15) is 49.7 Å². The highest BCUT2D eigenvalue weighted by Gasteiger charge is 2.27. The summed E-state index contributed by atoms with van der Waals surface area (Å²) in [5.74, 6) is 0.673. The van der Waals surface area contributed by atoms with Gasteiger partial charge in [-0.15, -0.1) is 11.3 Å². The molecule has 1 aliphatic carbocycles. The van der Waals surface area contributed by atoms with E-state index < -0.39 is 0 Å².